The number of hydrogen-bond acceptors (Lipinski definition) is 5. The number of nitrogens with zero attached hydrogens (tertiary/aromatic N) is 1. The largest absolute Gasteiger partial charge is 0.480 e. The van der Waals surface area contributed by atoms with Crippen LogP contribution in [0.1, 0.15) is 24.9 Å². The second kappa shape index (κ2) is 7.70. The van der Waals surface area contributed by atoms with Gasteiger partial charge in [0.25, 0.3) is 0 Å². The van der Waals surface area contributed by atoms with Gasteiger partial charge in [-0.05, 0) is 12.0 Å². The molecule has 1 fully saturated rings. The van der Waals surface area contributed by atoms with Crippen LogP contribution in [0.2, 0.25) is 0 Å². The van der Waals surface area contributed by atoms with E-state index in [1.807, 2.05) is 6.07 Å². The van der Waals surface area contributed by atoms with Crippen LogP contribution in [0.25, 0.3) is 0 Å². The molecule has 7 heteroatoms. The second-order valence-electron chi connectivity index (χ2n) is 5.90. The molecule has 130 valence electrons. The lowest BCUT2D eigenvalue weighted by molar-refractivity contribution is -0.152. The molecule has 4 atom stereocenters. The van der Waals surface area contributed by atoms with E-state index in [1.165, 1.54) is 12.0 Å². The van der Waals surface area contributed by atoms with E-state index in [9.17, 15) is 19.5 Å². The summed E-state index contributed by atoms with van der Waals surface area (Å²) < 4.78 is 4.84. The molecule has 2 rings (SSSR count). The second-order valence-corrected chi connectivity index (χ2v) is 6.27. The molecule has 0 unspecified atom stereocenters. The van der Waals surface area contributed by atoms with Gasteiger partial charge in [-0.25, -0.2) is 4.79 Å². The highest BCUT2D eigenvalue weighted by molar-refractivity contribution is 7.80. The number of ether oxygens (including phenoxy) is 1. The van der Waals surface area contributed by atoms with Crippen molar-refractivity contribution in [3.8, 4) is 0 Å². The molecule has 0 saturated carbocycles. The van der Waals surface area contributed by atoms with Crippen LogP contribution in [0.15, 0.2) is 30.3 Å². The first kappa shape index (κ1) is 18.3. The van der Waals surface area contributed by atoms with Gasteiger partial charge in [-0.3, -0.25) is 9.59 Å². The van der Waals surface area contributed by atoms with Gasteiger partial charge in [0.1, 0.15) is 6.04 Å². The van der Waals surface area contributed by atoms with Crippen LogP contribution in [-0.4, -0.2) is 46.8 Å². The third kappa shape index (κ3) is 3.40. The average Bonchev–Trinajstić information content (AvgIpc) is 3.01. The molecule has 0 aromatic heterocycles. The molecule has 1 heterocycles. The number of carboxylic acids is 1. The van der Waals surface area contributed by atoms with Crippen molar-refractivity contribution >= 4 is 30.5 Å². The molecule has 24 heavy (non-hydrogen) atoms. The fraction of sp³-hybridized carbons (Fsp3) is 0.471. The van der Waals surface area contributed by atoms with Crippen molar-refractivity contribution < 1.29 is 24.2 Å². The van der Waals surface area contributed by atoms with Crippen molar-refractivity contribution in [3.63, 3.8) is 0 Å². The summed E-state index contributed by atoms with van der Waals surface area (Å²) in [5, 5.41) is 9.56. The lowest BCUT2D eigenvalue weighted by atomic mass is 9.93. The Hall–Kier alpha value is -2.02. The summed E-state index contributed by atoms with van der Waals surface area (Å²) in [6.45, 7) is 1.70. The lowest BCUT2D eigenvalue weighted by Gasteiger charge is -2.32. The molecule has 6 nitrogen and oxygen atoms in total. The smallest absolute Gasteiger partial charge is 0.326 e. The van der Waals surface area contributed by atoms with Crippen LogP contribution in [0, 0.1) is 11.8 Å². The van der Waals surface area contributed by atoms with Crippen LogP contribution in [0.5, 0.6) is 0 Å². The number of hydrogen-bond donors (Lipinski definition) is 2. The topological polar surface area (TPSA) is 83.9 Å². The fourth-order valence-corrected chi connectivity index (χ4v) is 3.29. The minimum Gasteiger partial charge on any atom is -0.480 e. The van der Waals surface area contributed by atoms with Crippen molar-refractivity contribution in [2.45, 2.75) is 25.4 Å². The Bertz CT molecular complexity index is 621. The van der Waals surface area contributed by atoms with Crippen LogP contribution < -0.4 is 0 Å². The number of thiol groups is 1. The normalized spacial score (nSPS) is 24.5. The Morgan fingerprint density at radius 1 is 1.33 bits per heavy atom. The fourth-order valence-electron chi connectivity index (χ4n) is 3.13. The maximum atomic E-state index is 12.8. The number of amides is 1. The third-order valence-electron chi connectivity index (χ3n) is 4.37. The average molecular weight is 351 g/mol. The zero-order chi connectivity index (χ0) is 17.9. The lowest BCUT2D eigenvalue weighted by Crippen LogP contribution is -2.45. The van der Waals surface area contributed by atoms with E-state index in [-0.39, 0.29) is 12.3 Å². The Labute approximate surface area is 146 Å². The SMILES string of the molecule is COC(=O)[C@H]1C[C@@H](C(=O)O)N(C(=O)[C@@H](C)CS)[C@H]1c1ccccc1. The summed E-state index contributed by atoms with van der Waals surface area (Å²) in [6.07, 6.45) is 0.0343. The van der Waals surface area contributed by atoms with E-state index in [0.717, 1.165) is 5.56 Å². The van der Waals surface area contributed by atoms with E-state index in [0.29, 0.717) is 5.75 Å². The minimum absolute atomic E-state index is 0.0343. The van der Waals surface area contributed by atoms with Crippen LogP contribution >= 0.6 is 12.6 Å². The number of carbonyl (C=O) groups excluding carboxylic acids is 2. The van der Waals surface area contributed by atoms with Crippen LogP contribution in [0.3, 0.4) is 0 Å². The number of esters is 1. The minimum atomic E-state index is -1.12. The van der Waals surface area contributed by atoms with Gasteiger partial charge in [-0.1, -0.05) is 37.3 Å². The number of carbonyl (C=O) groups is 3. The van der Waals surface area contributed by atoms with E-state index >= 15 is 0 Å². The summed E-state index contributed by atoms with van der Waals surface area (Å²) >= 11 is 4.14. The molecular formula is C17H21NO5S. The summed E-state index contributed by atoms with van der Waals surface area (Å²) in [4.78, 5) is 38.0. The Morgan fingerprint density at radius 3 is 2.46 bits per heavy atom. The Morgan fingerprint density at radius 2 is 1.96 bits per heavy atom. The number of methoxy groups -OCH3 is 1. The molecule has 1 aliphatic rings. The number of aliphatic carboxylic acids is 1. The van der Waals surface area contributed by atoms with Gasteiger partial charge >= 0.3 is 11.9 Å². The van der Waals surface area contributed by atoms with E-state index < -0.39 is 35.9 Å². The summed E-state index contributed by atoms with van der Waals surface area (Å²) in [7, 11) is 1.26. The molecule has 1 aromatic rings. The molecular weight excluding hydrogens is 330 g/mol. The van der Waals surface area contributed by atoms with Crippen molar-refractivity contribution in [3.05, 3.63) is 35.9 Å². The highest BCUT2D eigenvalue weighted by atomic mass is 32.1. The molecule has 1 N–H and O–H groups in total. The zero-order valence-electron chi connectivity index (χ0n) is 13.6. The predicted octanol–water partition coefficient (Wildman–Crippen LogP) is 1.77. The van der Waals surface area contributed by atoms with Gasteiger partial charge in [0.2, 0.25) is 5.91 Å². The van der Waals surface area contributed by atoms with Crippen molar-refractivity contribution in [1.29, 1.82) is 0 Å². The van der Waals surface area contributed by atoms with Crippen molar-refractivity contribution in [2.75, 3.05) is 12.9 Å². The van der Waals surface area contributed by atoms with Crippen LogP contribution in [0.4, 0.5) is 0 Å². The maximum Gasteiger partial charge on any atom is 0.326 e. The number of carboxylic acid groups (broad SMARTS) is 1. The van der Waals surface area contributed by atoms with Gasteiger partial charge < -0.3 is 14.7 Å². The number of likely N-dealkylation sites (tertiary alicyclic amines) is 1. The first-order valence-corrected chi connectivity index (χ1v) is 8.34. The molecule has 0 radical (unpaired) electrons. The molecule has 1 aliphatic heterocycles. The predicted molar refractivity (Wildman–Crippen MR) is 90.6 cm³/mol. The van der Waals surface area contributed by atoms with Crippen LogP contribution in [-0.2, 0) is 19.1 Å². The van der Waals surface area contributed by atoms with Gasteiger partial charge in [0, 0.05) is 11.7 Å². The van der Waals surface area contributed by atoms with E-state index in [2.05, 4.69) is 12.6 Å². The molecule has 0 aliphatic carbocycles. The monoisotopic (exact) mass is 351 g/mol. The standard InChI is InChI=1S/C17H21NO5S/c1-10(9-24)15(19)18-13(16(20)21)8-12(17(22)23-2)14(18)11-6-4-3-5-7-11/h3-7,10,12-14,24H,8-9H2,1-2H3,(H,20,21)/t10-,12-,13-,14-/m0/s1. The zero-order valence-corrected chi connectivity index (χ0v) is 14.5. The molecule has 0 spiro atoms. The van der Waals surface area contributed by atoms with Gasteiger partial charge in [0.05, 0.1) is 19.1 Å². The first-order chi connectivity index (χ1) is 11.4. The Balaban J connectivity index is 2.52. The molecule has 1 saturated heterocycles. The van der Waals surface area contributed by atoms with Gasteiger partial charge in [-0.2, -0.15) is 12.6 Å². The first-order valence-electron chi connectivity index (χ1n) is 7.71. The number of benzene rings is 1. The highest BCUT2D eigenvalue weighted by Gasteiger charge is 2.51. The Kier molecular flexibility index (Phi) is 5.88. The third-order valence-corrected chi connectivity index (χ3v) is 4.92. The van der Waals surface area contributed by atoms with E-state index in [4.69, 9.17) is 4.74 Å². The highest BCUT2D eigenvalue weighted by Crippen LogP contribution is 2.42. The summed E-state index contributed by atoms with van der Waals surface area (Å²) in [5.74, 6) is -2.82. The molecule has 1 amide bonds. The quantitative estimate of drug-likeness (QED) is 0.624. The van der Waals surface area contributed by atoms with E-state index in [1.54, 1.807) is 31.2 Å². The van der Waals surface area contributed by atoms with Crippen molar-refractivity contribution in [1.82, 2.24) is 4.90 Å². The molecule has 0 bridgehead atoms. The molecule has 1 aromatic carbocycles. The number of rotatable bonds is 5. The van der Waals surface area contributed by atoms with Gasteiger partial charge in [0.15, 0.2) is 0 Å². The summed E-state index contributed by atoms with van der Waals surface area (Å²) in [6, 6.07) is 7.27. The maximum absolute atomic E-state index is 12.8. The van der Waals surface area contributed by atoms with Crippen molar-refractivity contribution in [2.24, 2.45) is 11.8 Å². The van der Waals surface area contributed by atoms with Gasteiger partial charge in [-0.15, -0.1) is 0 Å². The summed E-state index contributed by atoms with van der Waals surface area (Å²) in [5.41, 5.74) is 0.719.